The highest BCUT2D eigenvalue weighted by atomic mass is 79.9. The van der Waals surface area contributed by atoms with Gasteiger partial charge in [-0.3, -0.25) is 0 Å². The van der Waals surface area contributed by atoms with Crippen molar-refractivity contribution in [3.8, 4) is 0 Å². The first-order valence-electron chi connectivity index (χ1n) is 6.28. The molecule has 2 heteroatoms. The van der Waals surface area contributed by atoms with Gasteiger partial charge in [-0.1, -0.05) is 46.1 Å². The van der Waals surface area contributed by atoms with Crippen molar-refractivity contribution >= 4 is 27.5 Å². The van der Waals surface area contributed by atoms with Gasteiger partial charge in [-0.2, -0.15) is 0 Å². The monoisotopic (exact) mass is 324 g/mol. The molecule has 2 rings (SSSR count). The largest absolute Gasteiger partial charge is 0.0888 e. The van der Waals surface area contributed by atoms with Crippen LogP contribution in [0.1, 0.15) is 31.4 Å². The minimum Gasteiger partial charge on any atom is -0.0888 e. The van der Waals surface area contributed by atoms with Crippen LogP contribution in [0.5, 0.6) is 0 Å². The minimum atomic E-state index is 0.471. The van der Waals surface area contributed by atoms with Gasteiger partial charge in [-0.05, 0) is 67.5 Å². The molecule has 1 aromatic rings. The molecular weight excluding hydrogens is 308 g/mol. The molecule has 0 N–H and O–H groups in total. The third-order valence-corrected chi connectivity index (χ3v) is 4.61. The van der Waals surface area contributed by atoms with Crippen LogP contribution in [0.4, 0.5) is 0 Å². The Morgan fingerprint density at radius 3 is 2.78 bits per heavy atom. The fourth-order valence-electron chi connectivity index (χ4n) is 2.36. The number of hydrogen-bond acceptors (Lipinski definition) is 0. The number of halogens is 2. The molecule has 18 heavy (non-hydrogen) atoms. The van der Waals surface area contributed by atoms with Gasteiger partial charge in [0, 0.05) is 9.51 Å². The molecule has 0 aromatic heterocycles. The van der Waals surface area contributed by atoms with Gasteiger partial charge >= 0.3 is 0 Å². The molecule has 0 spiro atoms. The summed E-state index contributed by atoms with van der Waals surface area (Å²) < 4.78 is 1.14. The smallest absolute Gasteiger partial charge is 0.0215 e. The van der Waals surface area contributed by atoms with Crippen LogP contribution in [0.25, 0.3) is 0 Å². The first-order chi connectivity index (χ1) is 8.47. The van der Waals surface area contributed by atoms with E-state index in [0.29, 0.717) is 5.92 Å². The number of aryl methyl sites for hydroxylation is 1. The summed E-state index contributed by atoms with van der Waals surface area (Å²) in [4.78, 5) is 0. The summed E-state index contributed by atoms with van der Waals surface area (Å²) in [6.45, 7) is 6.57. The van der Waals surface area contributed by atoms with E-state index < -0.39 is 0 Å². The zero-order valence-electron chi connectivity index (χ0n) is 11.1. The molecule has 0 bridgehead atoms. The molecular formula is C16H18BrCl. The average Bonchev–Trinajstić information content (AvgIpc) is 2.30. The normalized spacial score (nSPS) is 20.1. The Labute approximate surface area is 123 Å². The second-order valence-electron chi connectivity index (χ2n) is 5.19. The maximum absolute atomic E-state index is 6.28. The van der Waals surface area contributed by atoms with Crippen LogP contribution in [0.15, 0.2) is 44.9 Å². The standard InChI is InChI=1S/C16H18BrCl/c1-10-4-5-15(17)8-13(10)7-14-9-16(18)12(3)6-11(14)2/h4-5,8-9,12H,6-7H2,1-3H3. The average molecular weight is 326 g/mol. The predicted octanol–water partition coefficient (Wildman–Crippen LogP) is 5.78. The minimum absolute atomic E-state index is 0.471. The van der Waals surface area contributed by atoms with Crippen LogP contribution in [0, 0.1) is 12.8 Å². The fourth-order valence-corrected chi connectivity index (χ4v) is 2.97. The highest BCUT2D eigenvalue weighted by Crippen LogP contribution is 2.33. The SMILES string of the molecule is CC1=C(Cc2cc(Br)ccc2C)C=C(Cl)C(C)C1. The van der Waals surface area contributed by atoms with Gasteiger partial charge in [0.25, 0.3) is 0 Å². The van der Waals surface area contributed by atoms with Crippen molar-refractivity contribution in [1.29, 1.82) is 0 Å². The maximum atomic E-state index is 6.28. The van der Waals surface area contributed by atoms with Gasteiger partial charge in [0.2, 0.25) is 0 Å². The molecule has 0 radical (unpaired) electrons. The lowest BCUT2D eigenvalue weighted by atomic mass is 9.88. The molecule has 0 heterocycles. The first kappa shape index (κ1) is 13.9. The lowest BCUT2D eigenvalue weighted by Crippen LogP contribution is -2.06. The lowest BCUT2D eigenvalue weighted by Gasteiger charge is -2.21. The van der Waals surface area contributed by atoms with Crippen molar-refractivity contribution in [2.24, 2.45) is 5.92 Å². The Morgan fingerprint density at radius 1 is 1.33 bits per heavy atom. The molecule has 0 nitrogen and oxygen atoms in total. The van der Waals surface area contributed by atoms with E-state index in [1.165, 1.54) is 22.3 Å². The second kappa shape index (κ2) is 5.63. The second-order valence-corrected chi connectivity index (χ2v) is 6.54. The van der Waals surface area contributed by atoms with E-state index >= 15 is 0 Å². The van der Waals surface area contributed by atoms with E-state index in [1.54, 1.807) is 0 Å². The van der Waals surface area contributed by atoms with Crippen LogP contribution in [-0.2, 0) is 6.42 Å². The summed E-state index contributed by atoms with van der Waals surface area (Å²) in [6.07, 6.45) is 4.21. The molecule has 96 valence electrons. The van der Waals surface area contributed by atoms with Gasteiger partial charge in [-0.25, -0.2) is 0 Å². The van der Waals surface area contributed by atoms with Gasteiger partial charge in [-0.15, -0.1) is 0 Å². The van der Waals surface area contributed by atoms with Crippen LogP contribution >= 0.6 is 27.5 Å². The molecule has 1 aromatic carbocycles. The lowest BCUT2D eigenvalue weighted by molar-refractivity contribution is 0.682. The molecule has 0 saturated carbocycles. The molecule has 0 saturated heterocycles. The Hall–Kier alpha value is -0.530. The summed E-state index contributed by atoms with van der Waals surface area (Å²) in [5, 5.41) is 0.989. The first-order valence-corrected chi connectivity index (χ1v) is 7.45. The van der Waals surface area contributed by atoms with Gasteiger partial charge in [0.15, 0.2) is 0 Å². The Bertz CT molecular complexity index is 526. The molecule has 1 aliphatic rings. The number of rotatable bonds is 2. The van der Waals surface area contributed by atoms with Crippen molar-refractivity contribution in [2.75, 3.05) is 0 Å². The van der Waals surface area contributed by atoms with E-state index in [2.05, 4.69) is 61.0 Å². The van der Waals surface area contributed by atoms with E-state index in [0.717, 1.165) is 22.3 Å². The summed E-state index contributed by atoms with van der Waals surface area (Å²) >= 11 is 9.82. The Balaban J connectivity index is 2.29. The maximum Gasteiger partial charge on any atom is 0.0215 e. The Kier molecular flexibility index (Phi) is 4.34. The highest BCUT2D eigenvalue weighted by Gasteiger charge is 2.16. The summed E-state index contributed by atoms with van der Waals surface area (Å²) in [6, 6.07) is 6.45. The van der Waals surface area contributed by atoms with Crippen molar-refractivity contribution in [3.05, 3.63) is 56.1 Å². The van der Waals surface area contributed by atoms with E-state index in [-0.39, 0.29) is 0 Å². The van der Waals surface area contributed by atoms with Crippen LogP contribution in [0.2, 0.25) is 0 Å². The molecule has 0 aliphatic heterocycles. The van der Waals surface area contributed by atoms with Crippen molar-refractivity contribution in [3.63, 3.8) is 0 Å². The van der Waals surface area contributed by atoms with Crippen LogP contribution in [0.3, 0.4) is 0 Å². The van der Waals surface area contributed by atoms with Crippen molar-refractivity contribution < 1.29 is 0 Å². The summed E-state index contributed by atoms with van der Waals surface area (Å²) in [5.74, 6) is 0.471. The quantitative estimate of drug-likeness (QED) is 0.646. The Morgan fingerprint density at radius 2 is 2.06 bits per heavy atom. The highest BCUT2D eigenvalue weighted by molar-refractivity contribution is 9.10. The molecule has 1 atom stereocenters. The van der Waals surface area contributed by atoms with E-state index in [4.69, 9.17) is 11.6 Å². The summed E-state index contributed by atoms with van der Waals surface area (Å²) in [5.41, 5.74) is 5.54. The van der Waals surface area contributed by atoms with E-state index in [1.807, 2.05) is 0 Å². The third-order valence-electron chi connectivity index (χ3n) is 3.64. The van der Waals surface area contributed by atoms with Gasteiger partial charge < -0.3 is 0 Å². The molecule has 1 unspecified atom stereocenters. The third kappa shape index (κ3) is 3.07. The zero-order chi connectivity index (χ0) is 13.3. The van der Waals surface area contributed by atoms with Crippen LogP contribution < -0.4 is 0 Å². The van der Waals surface area contributed by atoms with Crippen molar-refractivity contribution in [2.45, 2.75) is 33.6 Å². The van der Waals surface area contributed by atoms with Gasteiger partial charge in [0.05, 0.1) is 0 Å². The van der Waals surface area contributed by atoms with Crippen LogP contribution in [-0.4, -0.2) is 0 Å². The molecule has 0 amide bonds. The van der Waals surface area contributed by atoms with E-state index in [9.17, 15) is 0 Å². The predicted molar refractivity (Wildman–Crippen MR) is 83.0 cm³/mol. The fraction of sp³-hybridized carbons (Fsp3) is 0.375. The zero-order valence-corrected chi connectivity index (χ0v) is 13.4. The molecule has 0 fully saturated rings. The summed E-state index contributed by atoms with van der Waals surface area (Å²) in [7, 11) is 0. The number of allylic oxidation sites excluding steroid dienone is 4. The number of hydrogen-bond donors (Lipinski definition) is 0. The topological polar surface area (TPSA) is 0 Å². The van der Waals surface area contributed by atoms with Crippen molar-refractivity contribution in [1.82, 2.24) is 0 Å². The molecule has 1 aliphatic carbocycles. The van der Waals surface area contributed by atoms with Gasteiger partial charge in [0.1, 0.15) is 0 Å². The number of benzene rings is 1.